The molecule has 156 valence electrons. The third kappa shape index (κ3) is 4.05. The number of likely N-dealkylation sites (tertiary alicyclic amines) is 1. The zero-order valence-corrected chi connectivity index (χ0v) is 16.8. The van der Waals surface area contributed by atoms with Crippen molar-refractivity contribution in [3.8, 4) is 5.75 Å². The molecule has 1 aliphatic rings. The zero-order valence-electron chi connectivity index (χ0n) is 16.8. The third-order valence-electron chi connectivity index (χ3n) is 5.09. The number of ether oxygens (including phenoxy) is 1. The molecule has 1 amide bonds. The Morgan fingerprint density at radius 3 is 2.37 bits per heavy atom. The van der Waals surface area contributed by atoms with E-state index in [9.17, 15) is 19.5 Å². The number of aliphatic hydroxyl groups excluding tert-OH is 1. The van der Waals surface area contributed by atoms with Gasteiger partial charge in [-0.1, -0.05) is 48.0 Å². The molecule has 1 heterocycles. The molecule has 2 aromatic carbocycles. The number of hydrogen-bond donors (Lipinski definition) is 2. The second-order valence-corrected chi connectivity index (χ2v) is 7.10. The molecule has 0 radical (unpaired) electrons. The molecule has 1 unspecified atom stereocenters. The van der Waals surface area contributed by atoms with Gasteiger partial charge in [0.15, 0.2) is 0 Å². The van der Waals surface area contributed by atoms with E-state index < -0.39 is 23.7 Å². The lowest BCUT2D eigenvalue weighted by Gasteiger charge is -2.26. The first-order valence-corrected chi connectivity index (χ1v) is 9.55. The van der Waals surface area contributed by atoms with Crippen LogP contribution in [0.15, 0.2) is 54.1 Å². The largest absolute Gasteiger partial charge is 0.507 e. The first-order valence-electron chi connectivity index (χ1n) is 9.55. The van der Waals surface area contributed by atoms with Crippen molar-refractivity contribution in [2.75, 3.05) is 13.7 Å². The Labute approximate surface area is 174 Å². The molecule has 2 N–H and O–H groups in total. The van der Waals surface area contributed by atoms with Crippen LogP contribution in [0.3, 0.4) is 0 Å². The second-order valence-electron chi connectivity index (χ2n) is 7.10. The number of rotatable bonds is 7. The minimum atomic E-state index is -0.986. The lowest BCUT2D eigenvalue weighted by Crippen LogP contribution is -2.31. The number of aliphatic hydroxyl groups is 1. The molecule has 0 saturated carbocycles. The topological polar surface area (TPSA) is 104 Å². The van der Waals surface area contributed by atoms with Crippen molar-refractivity contribution in [3.63, 3.8) is 0 Å². The monoisotopic (exact) mass is 409 g/mol. The van der Waals surface area contributed by atoms with Crippen LogP contribution < -0.4 is 4.74 Å². The van der Waals surface area contributed by atoms with E-state index in [0.717, 1.165) is 5.56 Å². The van der Waals surface area contributed by atoms with Crippen molar-refractivity contribution in [1.29, 1.82) is 0 Å². The van der Waals surface area contributed by atoms with Crippen LogP contribution in [0.4, 0.5) is 0 Å². The van der Waals surface area contributed by atoms with Crippen LogP contribution in [0, 0.1) is 6.92 Å². The average Bonchev–Trinajstić information content (AvgIpc) is 2.98. The summed E-state index contributed by atoms with van der Waals surface area (Å²) in [5, 5.41) is 19.9. The molecule has 1 saturated heterocycles. The van der Waals surface area contributed by atoms with Gasteiger partial charge >= 0.3 is 5.97 Å². The van der Waals surface area contributed by atoms with Gasteiger partial charge in [0, 0.05) is 24.1 Å². The number of carbonyl (C=O) groups excluding carboxylic acids is 2. The maximum absolute atomic E-state index is 12.9. The Balaban J connectivity index is 2.14. The van der Waals surface area contributed by atoms with E-state index in [1.165, 1.54) is 12.0 Å². The van der Waals surface area contributed by atoms with Gasteiger partial charge in [-0.3, -0.25) is 14.4 Å². The number of ketones is 1. The fourth-order valence-electron chi connectivity index (χ4n) is 3.59. The molecule has 0 bridgehead atoms. The Bertz CT molecular complexity index is 1010. The first kappa shape index (κ1) is 21.1. The highest BCUT2D eigenvalue weighted by Crippen LogP contribution is 2.42. The number of carboxylic acids is 1. The number of carbonyl (C=O) groups is 3. The van der Waals surface area contributed by atoms with Gasteiger partial charge in [0.05, 0.1) is 18.7 Å². The molecule has 0 spiro atoms. The number of hydrogen-bond acceptors (Lipinski definition) is 5. The Hall–Kier alpha value is -3.61. The van der Waals surface area contributed by atoms with Gasteiger partial charge in [0.25, 0.3) is 11.7 Å². The molecule has 7 nitrogen and oxygen atoms in total. The molecule has 7 heteroatoms. The number of nitrogens with zero attached hydrogens (tertiary/aromatic N) is 1. The van der Waals surface area contributed by atoms with Crippen LogP contribution in [0.5, 0.6) is 5.75 Å². The van der Waals surface area contributed by atoms with Crippen molar-refractivity contribution in [2.24, 2.45) is 0 Å². The Kier molecular flexibility index (Phi) is 6.20. The van der Waals surface area contributed by atoms with Crippen LogP contribution in [-0.2, 0) is 14.4 Å². The van der Waals surface area contributed by atoms with Crippen LogP contribution in [0.1, 0.15) is 35.6 Å². The van der Waals surface area contributed by atoms with Gasteiger partial charge in [-0.15, -0.1) is 0 Å². The van der Waals surface area contributed by atoms with Crippen LogP contribution in [0.2, 0.25) is 0 Å². The smallest absolute Gasteiger partial charge is 0.303 e. The average molecular weight is 409 g/mol. The van der Waals surface area contributed by atoms with E-state index in [4.69, 9.17) is 9.84 Å². The van der Waals surface area contributed by atoms with Crippen molar-refractivity contribution < 1.29 is 29.3 Å². The van der Waals surface area contributed by atoms with Crippen molar-refractivity contribution in [3.05, 3.63) is 70.8 Å². The standard InChI is InChI=1S/C23H23NO6/c1-14-9-11-15(12-10-14)21(27)19-20(16-6-3-4-7-17(16)30-2)24(23(29)22(19)28)13-5-8-18(25)26/h3-4,6-7,9-12,20,27H,5,8,13H2,1-2H3,(H,25,26)/b21-19+. The zero-order chi connectivity index (χ0) is 21.8. The van der Waals surface area contributed by atoms with E-state index in [2.05, 4.69) is 0 Å². The highest BCUT2D eigenvalue weighted by atomic mass is 16.5. The highest BCUT2D eigenvalue weighted by molar-refractivity contribution is 6.46. The summed E-state index contributed by atoms with van der Waals surface area (Å²) in [6.45, 7) is 1.96. The number of methoxy groups -OCH3 is 1. The summed E-state index contributed by atoms with van der Waals surface area (Å²) in [4.78, 5) is 37.9. The minimum Gasteiger partial charge on any atom is -0.507 e. The van der Waals surface area contributed by atoms with Gasteiger partial charge in [-0.05, 0) is 19.4 Å². The summed E-state index contributed by atoms with van der Waals surface area (Å²) in [5.74, 6) is -2.38. The van der Waals surface area contributed by atoms with Gasteiger partial charge in [0.1, 0.15) is 11.5 Å². The van der Waals surface area contributed by atoms with E-state index in [1.807, 2.05) is 6.92 Å². The summed E-state index contributed by atoms with van der Waals surface area (Å²) in [6, 6.07) is 13.0. The van der Waals surface area contributed by atoms with E-state index in [-0.39, 0.29) is 30.7 Å². The van der Waals surface area contributed by atoms with Crippen molar-refractivity contribution in [1.82, 2.24) is 4.90 Å². The molecule has 30 heavy (non-hydrogen) atoms. The van der Waals surface area contributed by atoms with Crippen LogP contribution in [0.25, 0.3) is 5.76 Å². The van der Waals surface area contributed by atoms with Gasteiger partial charge < -0.3 is 19.8 Å². The summed E-state index contributed by atoms with van der Waals surface area (Å²) in [7, 11) is 1.48. The van der Waals surface area contributed by atoms with E-state index >= 15 is 0 Å². The first-order chi connectivity index (χ1) is 14.3. The molecule has 2 aromatic rings. The maximum atomic E-state index is 12.9. The molecular weight excluding hydrogens is 386 g/mol. The summed E-state index contributed by atoms with van der Waals surface area (Å²) in [6.07, 6.45) is 0.0399. The SMILES string of the molecule is COc1ccccc1C1/C(=C(\O)c2ccc(C)cc2)C(=O)C(=O)N1CCCC(=O)O. The van der Waals surface area contributed by atoms with Crippen LogP contribution in [-0.4, -0.2) is 46.4 Å². The normalized spacial score (nSPS) is 17.9. The van der Waals surface area contributed by atoms with Gasteiger partial charge in [0.2, 0.25) is 0 Å². The van der Waals surface area contributed by atoms with E-state index in [1.54, 1.807) is 48.5 Å². The minimum absolute atomic E-state index is 0.0383. The second kappa shape index (κ2) is 8.82. The fourth-order valence-corrected chi connectivity index (χ4v) is 3.59. The Morgan fingerprint density at radius 2 is 1.73 bits per heavy atom. The predicted octanol–water partition coefficient (Wildman–Crippen LogP) is 3.29. The third-order valence-corrected chi connectivity index (χ3v) is 5.09. The molecule has 0 aromatic heterocycles. The quantitative estimate of drug-likeness (QED) is 0.413. The Morgan fingerprint density at radius 1 is 1.07 bits per heavy atom. The van der Waals surface area contributed by atoms with Crippen LogP contribution >= 0.6 is 0 Å². The number of Topliss-reactive ketones (excluding diaryl/α,β-unsaturated/α-hetero) is 1. The van der Waals surface area contributed by atoms with E-state index in [0.29, 0.717) is 16.9 Å². The molecule has 1 fully saturated rings. The molecular formula is C23H23NO6. The number of amides is 1. The lowest BCUT2D eigenvalue weighted by molar-refractivity contribution is -0.140. The van der Waals surface area contributed by atoms with Gasteiger partial charge in [-0.25, -0.2) is 0 Å². The number of aliphatic carboxylic acids is 1. The molecule has 3 rings (SSSR count). The van der Waals surface area contributed by atoms with Crippen molar-refractivity contribution in [2.45, 2.75) is 25.8 Å². The number of para-hydroxylation sites is 1. The predicted molar refractivity (Wildman–Crippen MR) is 110 cm³/mol. The van der Waals surface area contributed by atoms with Crippen molar-refractivity contribution >= 4 is 23.4 Å². The molecule has 1 atom stereocenters. The number of benzene rings is 2. The maximum Gasteiger partial charge on any atom is 0.303 e. The number of carboxylic acid groups (broad SMARTS) is 1. The summed E-state index contributed by atoms with van der Waals surface area (Å²) in [5.41, 5.74) is 1.91. The molecule has 0 aliphatic carbocycles. The summed E-state index contributed by atoms with van der Waals surface area (Å²) >= 11 is 0. The fraction of sp³-hybridized carbons (Fsp3) is 0.261. The molecule has 1 aliphatic heterocycles. The highest BCUT2D eigenvalue weighted by Gasteiger charge is 2.46. The lowest BCUT2D eigenvalue weighted by atomic mass is 9.94. The summed E-state index contributed by atoms with van der Waals surface area (Å²) < 4.78 is 5.42. The number of aryl methyl sites for hydroxylation is 1. The van der Waals surface area contributed by atoms with Gasteiger partial charge in [-0.2, -0.15) is 0 Å².